The van der Waals surface area contributed by atoms with Gasteiger partial charge in [0.2, 0.25) is 0 Å². The predicted molar refractivity (Wildman–Crippen MR) is 55.7 cm³/mol. The molecule has 0 aliphatic carbocycles. The number of hydrogen-bond donors (Lipinski definition) is 1. The van der Waals surface area contributed by atoms with Crippen molar-refractivity contribution >= 4 is 0 Å². The van der Waals surface area contributed by atoms with Gasteiger partial charge in [-0.1, -0.05) is 26.0 Å². The molecule has 0 spiro atoms. The molecule has 13 heavy (non-hydrogen) atoms. The van der Waals surface area contributed by atoms with Crippen molar-refractivity contribution in [2.75, 3.05) is 19.7 Å². The monoisotopic (exact) mass is 183 g/mol. The van der Waals surface area contributed by atoms with Gasteiger partial charge in [-0.15, -0.1) is 0 Å². The van der Waals surface area contributed by atoms with Crippen LogP contribution in [0, 0.1) is 5.92 Å². The second-order valence-electron chi connectivity index (χ2n) is 4.09. The molecule has 2 heteroatoms. The number of aliphatic hydroxyl groups excluding tert-OH is 1. The van der Waals surface area contributed by atoms with Gasteiger partial charge in [-0.05, 0) is 25.3 Å². The van der Waals surface area contributed by atoms with Crippen molar-refractivity contribution in [3.8, 4) is 0 Å². The van der Waals surface area contributed by atoms with E-state index in [1.165, 1.54) is 12.0 Å². The SMILES string of the molecule is C=C(CC)CN1CCC(C)C1CO. The fraction of sp³-hybridized carbons (Fsp3) is 0.818. The molecule has 1 fully saturated rings. The van der Waals surface area contributed by atoms with Crippen molar-refractivity contribution in [1.29, 1.82) is 0 Å². The van der Waals surface area contributed by atoms with Crippen LogP contribution in [-0.2, 0) is 0 Å². The van der Waals surface area contributed by atoms with E-state index in [1.54, 1.807) is 0 Å². The summed E-state index contributed by atoms with van der Waals surface area (Å²) in [6, 6.07) is 0.364. The van der Waals surface area contributed by atoms with E-state index >= 15 is 0 Å². The second kappa shape index (κ2) is 4.77. The molecule has 0 aromatic heterocycles. The van der Waals surface area contributed by atoms with Crippen molar-refractivity contribution < 1.29 is 5.11 Å². The Balaban J connectivity index is 2.45. The van der Waals surface area contributed by atoms with Crippen molar-refractivity contribution in [3.05, 3.63) is 12.2 Å². The Kier molecular flexibility index (Phi) is 3.94. The number of likely N-dealkylation sites (tertiary alicyclic amines) is 1. The summed E-state index contributed by atoms with van der Waals surface area (Å²) < 4.78 is 0. The standard InChI is InChI=1S/C11H21NO/c1-4-9(2)7-12-6-5-10(3)11(12)8-13/h10-11,13H,2,4-8H2,1,3H3. The minimum Gasteiger partial charge on any atom is -0.395 e. The van der Waals surface area contributed by atoms with Crippen molar-refractivity contribution in [3.63, 3.8) is 0 Å². The van der Waals surface area contributed by atoms with Gasteiger partial charge in [0, 0.05) is 12.6 Å². The van der Waals surface area contributed by atoms with Gasteiger partial charge in [-0.3, -0.25) is 4.90 Å². The van der Waals surface area contributed by atoms with Gasteiger partial charge in [-0.25, -0.2) is 0 Å². The van der Waals surface area contributed by atoms with E-state index in [0.29, 0.717) is 12.0 Å². The molecule has 0 aromatic carbocycles. The molecule has 2 atom stereocenters. The minimum absolute atomic E-state index is 0.290. The van der Waals surface area contributed by atoms with Crippen LogP contribution < -0.4 is 0 Å². The third kappa shape index (κ3) is 2.55. The molecule has 1 aliphatic rings. The van der Waals surface area contributed by atoms with Gasteiger partial charge in [0.15, 0.2) is 0 Å². The zero-order valence-corrected chi connectivity index (χ0v) is 8.79. The first-order valence-electron chi connectivity index (χ1n) is 5.20. The number of aliphatic hydroxyl groups is 1. The molecule has 1 N–H and O–H groups in total. The molecule has 0 amide bonds. The zero-order chi connectivity index (χ0) is 9.84. The maximum atomic E-state index is 9.22. The van der Waals surface area contributed by atoms with E-state index in [-0.39, 0.29) is 6.61 Å². The Morgan fingerprint density at radius 1 is 1.62 bits per heavy atom. The van der Waals surface area contributed by atoms with Gasteiger partial charge in [-0.2, -0.15) is 0 Å². The number of hydrogen-bond acceptors (Lipinski definition) is 2. The highest BCUT2D eigenvalue weighted by Crippen LogP contribution is 2.24. The summed E-state index contributed by atoms with van der Waals surface area (Å²) in [5, 5.41) is 9.22. The Bertz CT molecular complexity index is 179. The lowest BCUT2D eigenvalue weighted by molar-refractivity contribution is 0.147. The highest BCUT2D eigenvalue weighted by atomic mass is 16.3. The fourth-order valence-electron chi connectivity index (χ4n) is 1.98. The van der Waals surface area contributed by atoms with Crippen LogP contribution in [0.25, 0.3) is 0 Å². The van der Waals surface area contributed by atoms with E-state index in [4.69, 9.17) is 0 Å². The van der Waals surface area contributed by atoms with Crippen LogP contribution in [0.3, 0.4) is 0 Å². The minimum atomic E-state index is 0.290. The van der Waals surface area contributed by atoms with E-state index in [2.05, 4.69) is 25.3 Å². The lowest BCUT2D eigenvalue weighted by atomic mass is 10.0. The summed E-state index contributed by atoms with van der Waals surface area (Å²) >= 11 is 0. The quantitative estimate of drug-likeness (QED) is 0.670. The molecular formula is C11H21NO. The van der Waals surface area contributed by atoms with Gasteiger partial charge in [0.1, 0.15) is 0 Å². The largest absolute Gasteiger partial charge is 0.395 e. The zero-order valence-electron chi connectivity index (χ0n) is 8.79. The molecule has 1 aliphatic heterocycles. The van der Waals surface area contributed by atoms with Gasteiger partial charge >= 0.3 is 0 Å². The second-order valence-corrected chi connectivity index (χ2v) is 4.09. The van der Waals surface area contributed by atoms with Crippen LogP contribution in [0.4, 0.5) is 0 Å². The van der Waals surface area contributed by atoms with Crippen molar-refractivity contribution in [2.24, 2.45) is 5.92 Å². The molecule has 2 nitrogen and oxygen atoms in total. The highest BCUT2D eigenvalue weighted by molar-refractivity contribution is 4.99. The average molecular weight is 183 g/mol. The lowest BCUT2D eigenvalue weighted by Gasteiger charge is -2.25. The third-order valence-electron chi connectivity index (χ3n) is 3.11. The number of rotatable bonds is 4. The molecule has 1 rings (SSSR count). The topological polar surface area (TPSA) is 23.5 Å². The molecule has 0 bridgehead atoms. The molecule has 2 unspecified atom stereocenters. The summed E-state index contributed by atoms with van der Waals surface area (Å²) in [7, 11) is 0. The van der Waals surface area contributed by atoms with Crippen LogP contribution in [-0.4, -0.2) is 35.7 Å². The Morgan fingerprint density at radius 2 is 2.31 bits per heavy atom. The predicted octanol–water partition coefficient (Wildman–Crippen LogP) is 1.66. The lowest BCUT2D eigenvalue weighted by Crippen LogP contribution is -2.36. The van der Waals surface area contributed by atoms with Gasteiger partial charge in [0.05, 0.1) is 6.61 Å². The fourth-order valence-corrected chi connectivity index (χ4v) is 1.98. The summed E-state index contributed by atoms with van der Waals surface area (Å²) in [5.74, 6) is 0.634. The number of nitrogens with zero attached hydrogens (tertiary/aromatic N) is 1. The maximum absolute atomic E-state index is 9.22. The third-order valence-corrected chi connectivity index (χ3v) is 3.11. The molecule has 0 saturated carbocycles. The van der Waals surface area contributed by atoms with Gasteiger partial charge in [0.25, 0.3) is 0 Å². The van der Waals surface area contributed by atoms with Crippen molar-refractivity contribution in [2.45, 2.75) is 32.7 Å². The maximum Gasteiger partial charge on any atom is 0.0589 e. The van der Waals surface area contributed by atoms with E-state index < -0.39 is 0 Å². The Labute approximate surface area is 81.2 Å². The van der Waals surface area contributed by atoms with Crippen LogP contribution >= 0.6 is 0 Å². The molecule has 0 aromatic rings. The van der Waals surface area contributed by atoms with E-state index in [0.717, 1.165) is 19.5 Å². The summed E-state index contributed by atoms with van der Waals surface area (Å²) in [4.78, 5) is 2.36. The Hall–Kier alpha value is -0.340. The van der Waals surface area contributed by atoms with Crippen LogP contribution in [0.2, 0.25) is 0 Å². The van der Waals surface area contributed by atoms with E-state index in [1.807, 2.05) is 0 Å². The van der Waals surface area contributed by atoms with E-state index in [9.17, 15) is 5.11 Å². The first-order valence-corrected chi connectivity index (χ1v) is 5.20. The van der Waals surface area contributed by atoms with Crippen molar-refractivity contribution in [1.82, 2.24) is 4.90 Å². The van der Waals surface area contributed by atoms with Crippen LogP contribution in [0.15, 0.2) is 12.2 Å². The first-order chi connectivity index (χ1) is 6.19. The molecule has 1 heterocycles. The van der Waals surface area contributed by atoms with Gasteiger partial charge < -0.3 is 5.11 Å². The summed E-state index contributed by atoms with van der Waals surface area (Å²) in [6.45, 7) is 10.7. The summed E-state index contributed by atoms with van der Waals surface area (Å²) in [6.07, 6.45) is 2.26. The smallest absolute Gasteiger partial charge is 0.0589 e. The molecule has 0 radical (unpaired) electrons. The molecule has 1 saturated heterocycles. The highest BCUT2D eigenvalue weighted by Gasteiger charge is 2.29. The average Bonchev–Trinajstić information content (AvgIpc) is 2.46. The van der Waals surface area contributed by atoms with Crippen LogP contribution in [0.1, 0.15) is 26.7 Å². The first kappa shape index (κ1) is 10.7. The summed E-state index contributed by atoms with van der Waals surface area (Å²) in [5.41, 5.74) is 1.27. The molecular weight excluding hydrogens is 162 g/mol. The molecule has 76 valence electrons. The normalized spacial score (nSPS) is 29.5. The Morgan fingerprint density at radius 3 is 2.85 bits per heavy atom. The van der Waals surface area contributed by atoms with Crippen LogP contribution in [0.5, 0.6) is 0 Å².